The summed E-state index contributed by atoms with van der Waals surface area (Å²) in [7, 11) is 0. The van der Waals surface area contributed by atoms with Crippen LogP contribution in [0.5, 0.6) is 0 Å². The summed E-state index contributed by atoms with van der Waals surface area (Å²) in [6.45, 7) is 9.24. The Morgan fingerprint density at radius 3 is 2.20 bits per heavy atom. The van der Waals surface area contributed by atoms with Crippen molar-refractivity contribution >= 4 is 18.0 Å². The summed E-state index contributed by atoms with van der Waals surface area (Å²) in [6.07, 6.45) is 1.05. The number of nitrogens with one attached hydrogen (secondary N) is 1. The maximum atomic E-state index is 12.1. The fourth-order valence-corrected chi connectivity index (χ4v) is 1.54. The van der Waals surface area contributed by atoms with Gasteiger partial charge in [0.1, 0.15) is 6.04 Å². The lowest BCUT2D eigenvalue weighted by atomic mass is 10.1. The Morgan fingerprint density at radius 2 is 1.85 bits per heavy atom. The third-order valence-corrected chi connectivity index (χ3v) is 2.61. The quantitative estimate of drug-likeness (QED) is 0.611. The molecule has 0 aromatic carbocycles. The summed E-state index contributed by atoms with van der Waals surface area (Å²) < 4.78 is 0. The van der Waals surface area contributed by atoms with Gasteiger partial charge in [0.2, 0.25) is 0 Å². The zero-order chi connectivity index (χ0) is 15.9. The second-order valence-corrected chi connectivity index (χ2v) is 5.34. The van der Waals surface area contributed by atoms with Crippen LogP contribution in [0.1, 0.15) is 33.6 Å². The van der Waals surface area contributed by atoms with Crippen LogP contribution in [0.15, 0.2) is 12.7 Å². The van der Waals surface area contributed by atoms with Crippen molar-refractivity contribution in [1.82, 2.24) is 10.2 Å². The van der Waals surface area contributed by atoms with Crippen LogP contribution in [0.2, 0.25) is 0 Å². The highest BCUT2D eigenvalue weighted by atomic mass is 16.4. The Bertz CT molecular complexity index is 387. The molecule has 2 amide bonds. The van der Waals surface area contributed by atoms with E-state index in [-0.39, 0.29) is 19.4 Å². The third kappa shape index (κ3) is 6.21. The highest BCUT2D eigenvalue weighted by Crippen LogP contribution is 2.13. The second kappa shape index (κ2) is 7.52. The number of carboxylic acid groups (broad SMARTS) is 2. The van der Waals surface area contributed by atoms with E-state index in [1.807, 2.05) is 20.8 Å². The van der Waals surface area contributed by atoms with E-state index in [9.17, 15) is 14.4 Å². The van der Waals surface area contributed by atoms with Crippen molar-refractivity contribution in [3.8, 4) is 0 Å². The minimum absolute atomic E-state index is 0.164. The number of carbonyl (C=O) groups excluding carboxylic acids is 1. The molecule has 0 rings (SSSR count). The molecule has 0 aliphatic rings. The normalized spacial score (nSPS) is 12.3. The minimum atomic E-state index is -1.26. The first kappa shape index (κ1) is 17.9. The molecule has 0 aromatic heterocycles. The van der Waals surface area contributed by atoms with Gasteiger partial charge in [0.05, 0.1) is 0 Å². The largest absolute Gasteiger partial charge is 0.481 e. The standard InChI is InChI=1S/C13H22N2O5/c1-5-8-15(13(2,3)4)12(20)14-9(11(18)19)6-7-10(16)17/h5,9H,1,6-8H2,2-4H3,(H,14,20)(H,16,17)(H,18,19)/t9-/m0/s1. The lowest BCUT2D eigenvalue weighted by Gasteiger charge is -2.35. The Kier molecular flexibility index (Phi) is 6.75. The molecule has 114 valence electrons. The maximum absolute atomic E-state index is 12.1. The molecule has 0 aliphatic heterocycles. The topological polar surface area (TPSA) is 107 Å². The Hall–Kier alpha value is -2.05. The number of carbonyl (C=O) groups is 3. The van der Waals surface area contributed by atoms with Gasteiger partial charge in [-0.2, -0.15) is 0 Å². The van der Waals surface area contributed by atoms with Gasteiger partial charge in [-0.3, -0.25) is 4.79 Å². The summed E-state index contributed by atoms with van der Waals surface area (Å²) in [5.74, 6) is -2.36. The molecular weight excluding hydrogens is 264 g/mol. The SMILES string of the molecule is C=CCN(C(=O)N[C@@H](CCC(=O)O)C(=O)O)C(C)(C)C. The van der Waals surface area contributed by atoms with Crippen molar-refractivity contribution in [1.29, 1.82) is 0 Å². The number of rotatable bonds is 7. The predicted molar refractivity (Wildman–Crippen MR) is 73.5 cm³/mol. The molecule has 3 N–H and O–H groups in total. The molecule has 20 heavy (non-hydrogen) atoms. The smallest absolute Gasteiger partial charge is 0.326 e. The van der Waals surface area contributed by atoms with E-state index in [1.165, 1.54) is 11.0 Å². The molecule has 0 fully saturated rings. The van der Waals surface area contributed by atoms with Crippen molar-refractivity contribution in [2.24, 2.45) is 0 Å². The lowest BCUT2D eigenvalue weighted by molar-refractivity contribution is -0.140. The number of hydrogen-bond acceptors (Lipinski definition) is 3. The molecule has 0 radical (unpaired) electrons. The fourth-order valence-electron chi connectivity index (χ4n) is 1.54. The summed E-state index contributed by atoms with van der Waals surface area (Å²) in [6, 6.07) is -1.79. The van der Waals surface area contributed by atoms with Crippen molar-refractivity contribution in [2.45, 2.75) is 45.2 Å². The summed E-state index contributed by atoms with van der Waals surface area (Å²) in [4.78, 5) is 35.0. The van der Waals surface area contributed by atoms with Crippen LogP contribution >= 0.6 is 0 Å². The molecule has 0 bridgehead atoms. The number of hydrogen-bond donors (Lipinski definition) is 3. The second-order valence-electron chi connectivity index (χ2n) is 5.34. The van der Waals surface area contributed by atoms with Crippen LogP contribution in [0.25, 0.3) is 0 Å². The fraction of sp³-hybridized carbons (Fsp3) is 0.615. The number of carboxylic acids is 2. The molecule has 1 atom stereocenters. The van der Waals surface area contributed by atoms with E-state index in [0.29, 0.717) is 0 Å². The van der Waals surface area contributed by atoms with Gasteiger partial charge in [-0.1, -0.05) is 6.08 Å². The highest BCUT2D eigenvalue weighted by molar-refractivity contribution is 5.83. The maximum Gasteiger partial charge on any atom is 0.326 e. The number of amides is 2. The molecule has 0 unspecified atom stereocenters. The summed E-state index contributed by atoms with van der Waals surface area (Å²) in [5, 5.41) is 19.9. The van der Waals surface area contributed by atoms with E-state index in [4.69, 9.17) is 10.2 Å². The van der Waals surface area contributed by atoms with E-state index < -0.39 is 29.6 Å². The zero-order valence-corrected chi connectivity index (χ0v) is 12.0. The Labute approximate surface area is 118 Å². The minimum Gasteiger partial charge on any atom is -0.481 e. The van der Waals surface area contributed by atoms with Crippen LogP contribution < -0.4 is 5.32 Å². The van der Waals surface area contributed by atoms with Gasteiger partial charge in [-0.25, -0.2) is 9.59 Å². The van der Waals surface area contributed by atoms with Crippen LogP contribution in [-0.2, 0) is 9.59 Å². The van der Waals surface area contributed by atoms with Crippen LogP contribution in [0.4, 0.5) is 4.79 Å². The average Bonchev–Trinajstić information content (AvgIpc) is 2.28. The van der Waals surface area contributed by atoms with Crippen molar-refractivity contribution in [2.75, 3.05) is 6.54 Å². The van der Waals surface area contributed by atoms with Gasteiger partial charge in [0.15, 0.2) is 0 Å². The van der Waals surface area contributed by atoms with Gasteiger partial charge in [0.25, 0.3) is 0 Å². The summed E-state index contributed by atoms with van der Waals surface area (Å²) >= 11 is 0. The summed E-state index contributed by atoms with van der Waals surface area (Å²) in [5.41, 5.74) is -0.506. The van der Waals surface area contributed by atoms with E-state index in [0.717, 1.165) is 0 Å². The zero-order valence-electron chi connectivity index (χ0n) is 12.0. The first-order chi connectivity index (χ1) is 9.09. The predicted octanol–water partition coefficient (Wildman–Crippen LogP) is 1.30. The number of urea groups is 1. The number of nitrogens with zero attached hydrogens (tertiary/aromatic N) is 1. The first-order valence-electron chi connectivity index (χ1n) is 6.23. The monoisotopic (exact) mass is 286 g/mol. The molecule has 0 saturated carbocycles. The Morgan fingerprint density at radius 1 is 1.30 bits per heavy atom. The van der Waals surface area contributed by atoms with Crippen LogP contribution in [-0.4, -0.2) is 51.2 Å². The van der Waals surface area contributed by atoms with Gasteiger partial charge in [-0.15, -0.1) is 6.58 Å². The molecule has 0 aliphatic carbocycles. The van der Waals surface area contributed by atoms with Crippen LogP contribution in [0.3, 0.4) is 0 Å². The van der Waals surface area contributed by atoms with Crippen molar-refractivity contribution < 1.29 is 24.6 Å². The number of aliphatic carboxylic acids is 2. The van der Waals surface area contributed by atoms with E-state index >= 15 is 0 Å². The van der Waals surface area contributed by atoms with Gasteiger partial charge in [-0.05, 0) is 27.2 Å². The highest BCUT2D eigenvalue weighted by Gasteiger charge is 2.29. The molecule has 7 nitrogen and oxygen atoms in total. The third-order valence-electron chi connectivity index (χ3n) is 2.61. The first-order valence-corrected chi connectivity index (χ1v) is 6.23. The van der Waals surface area contributed by atoms with Crippen molar-refractivity contribution in [3.05, 3.63) is 12.7 Å². The Balaban J connectivity index is 4.83. The van der Waals surface area contributed by atoms with Crippen LogP contribution in [0, 0.1) is 0 Å². The average molecular weight is 286 g/mol. The molecule has 0 spiro atoms. The van der Waals surface area contributed by atoms with E-state index in [2.05, 4.69) is 11.9 Å². The van der Waals surface area contributed by atoms with Gasteiger partial charge < -0.3 is 20.4 Å². The molecular formula is C13H22N2O5. The lowest BCUT2D eigenvalue weighted by Crippen LogP contribution is -2.54. The molecule has 0 heterocycles. The van der Waals surface area contributed by atoms with Gasteiger partial charge >= 0.3 is 18.0 Å². The molecule has 0 aromatic rings. The van der Waals surface area contributed by atoms with Crippen molar-refractivity contribution in [3.63, 3.8) is 0 Å². The van der Waals surface area contributed by atoms with Gasteiger partial charge in [0, 0.05) is 18.5 Å². The molecule has 7 heteroatoms. The van der Waals surface area contributed by atoms with E-state index in [1.54, 1.807) is 0 Å². The molecule has 0 saturated heterocycles.